The summed E-state index contributed by atoms with van der Waals surface area (Å²) >= 11 is 7.23. The highest BCUT2D eigenvalue weighted by molar-refractivity contribution is 8.18. The van der Waals surface area contributed by atoms with Gasteiger partial charge in [-0.05, 0) is 68.3 Å². The van der Waals surface area contributed by atoms with Crippen molar-refractivity contribution >= 4 is 51.6 Å². The number of carbonyl (C=O) groups is 2. The van der Waals surface area contributed by atoms with E-state index in [2.05, 4.69) is 44.0 Å². The molecule has 2 amide bonds. The van der Waals surface area contributed by atoms with Gasteiger partial charge in [0.05, 0.1) is 16.2 Å². The minimum Gasteiger partial charge on any atom is -0.378 e. The Kier molecular flexibility index (Phi) is 4.24. The maximum Gasteiger partial charge on any atom is 0.287 e. The Balaban J connectivity index is 1.83. The number of thioether (sulfide) groups is 1. The molecule has 0 radical (unpaired) electrons. The molecule has 5 rings (SSSR count). The third-order valence-electron chi connectivity index (χ3n) is 6.47. The first-order valence-corrected chi connectivity index (χ1v) is 11.3. The van der Waals surface area contributed by atoms with E-state index in [1.54, 1.807) is 0 Å². The molecule has 3 aliphatic heterocycles. The van der Waals surface area contributed by atoms with Gasteiger partial charge in [0.25, 0.3) is 11.8 Å². The number of amidine groups is 1. The zero-order chi connectivity index (χ0) is 22.3. The molecule has 2 aromatic rings. The number of halogens is 1. The zero-order valence-electron chi connectivity index (χ0n) is 17.7. The fourth-order valence-corrected chi connectivity index (χ4v) is 6.25. The monoisotopic (exact) mass is 451 g/mol. The molecule has 7 heteroatoms. The summed E-state index contributed by atoms with van der Waals surface area (Å²) in [6.45, 7) is 8.39. The topological polar surface area (TPSA) is 75.8 Å². The van der Waals surface area contributed by atoms with Gasteiger partial charge in [0, 0.05) is 21.5 Å². The molecule has 5 nitrogen and oxygen atoms in total. The van der Waals surface area contributed by atoms with Crippen molar-refractivity contribution in [2.75, 3.05) is 4.90 Å². The minimum atomic E-state index is -0.469. The summed E-state index contributed by atoms with van der Waals surface area (Å²) in [5.41, 5.74) is 10.3. The molecule has 0 bridgehead atoms. The summed E-state index contributed by atoms with van der Waals surface area (Å²) in [4.78, 5) is 32.3. The third-order valence-corrected chi connectivity index (χ3v) is 7.61. The summed E-state index contributed by atoms with van der Waals surface area (Å²) < 4.78 is 0. The number of amides is 2. The molecule has 2 aromatic carbocycles. The van der Waals surface area contributed by atoms with Gasteiger partial charge in [-0.15, -0.1) is 0 Å². The largest absolute Gasteiger partial charge is 0.378 e. The van der Waals surface area contributed by atoms with Crippen LogP contribution in [0.1, 0.15) is 49.4 Å². The summed E-state index contributed by atoms with van der Waals surface area (Å²) in [6, 6.07) is 12.1. The SMILES string of the molecule is Cc1cc2c3c(c1)C(C)(c1ccc(Cl)cc1)CC(C)(C)N3C(=O)/C2=C1\SC(N)=NC1=O. The molecule has 31 heavy (non-hydrogen) atoms. The number of hydrogen-bond donors (Lipinski definition) is 1. The van der Waals surface area contributed by atoms with E-state index in [0.717, 1.165) is 46.1 Å². The van der Waals surface area contributed by atoms with E-state index in [9.17, 15) is 9.59 Å². The van der Waals surface area contributed by atoms with Crippen molar-refractivity contribution in [3.63, 3.8) is 0 Å². The molecule has 0 aliphatic carbocycles. The first-order chi connectivity index (χ1) is 14.5. The lowest BCUT2D eigenvalue weighted by Crippen LogP contribution is -2.54. The quantitative estimate of drug-likeness (QED) is 0.633. The van der Waals surface area contributed by atoms with Crippen LogP contribution < -0.4 is 10.6 Å². The van der Waals surface area contributed by atoms with Gasteiger partial charge >= 0.3 is 0 Å². The van der Waals surface area contributed by atoms with Crippen LogP contribution in [0.15, 0.2) is 46.3 Å². The minimum absolute atomic E-state index is 0.161. The van der Waals surface area contributed by atoms with Crippen molar-refractivity contribution in [2.24, 2.45) is 10.7 Å². The van der Waals surface area contributed by atoms with Crippen molar-refractivity contribution < 1.29 is 9.59 Å². The Labute approximate surface area is 190 Å². The molecule has 0 aromatic heterocycles. The lowest BCUT2D eigenvalue weighted by molar-refractivity contribution is -0.115. The second kappa shape index (κ2) is 6.47. The van der Waals surface area contributed by atoms with Crippen LogP contribution in [0.3, 0.4) is 0 Å². The average Bonchev–Trinajstić information content (AvgIpc) is 3.15. The number of rotatable bonds is 1. The summed E-state index contributed by atoms with van der Waals surface area (Å²) in [7, 11) is 0. The smallest absolute Gasteiger partial charge is 0.287 e. The number of anilines is 1. The van der Waals surface area contributed by atoms with Gasteiger partial charge in [-0.2, -0.15) is 4.99 Å². The van der Waals surface area contributed by atoms with E-state index in [1.165, 1.54) is 0 Å². The predicted molar refractivity (Wildman–Crippen MR) is 126 cm³/mol. The Morgan fingerprint density at radius 3 is 2.42 bits per heavy atom. The first kappa shape index (κ1) is 20.3. The summed E-state index contributed by atoms with van der Waals surface area (Å²) in [5, 5.41) is 0.864. The Morgan fingerprint density at radius 1 is 1.13 bits per heavy atom. The number of benzene rings is 2. The number of aliphatic imine (C=N–C) groups is 1. The predicted octanol–water partition coefficient (Wildman–Crippen LogP) is 4.78. The van der Waals surface area contributed by atoms with Gasteiger partial charge in [0.2, 0.25) is 0 Å². The molecule has 0 fully saturated rings. The first-order valence-electron chi connectivity index (χ1n) is 10.1. The van der Waals surface area contributed by atoms with Crippen LogP contribution in [0.25, 0.3) is 5.57 Å². The highest BCUT2D eigenvalue weighted by Crippen LogP contribution is 2.57. The highest BCUT2D eigenvalue weighted by Gasteiger charge is 2.53. The highest BCUT2D eigenvalue weighted by atomic mass is 35.5. The molecule has 3 heterocycles. The van der Waals surface area contributed by atoms with Crippen molar-refractivity contribution in [1.29, 1.82) is 0 Å². The van der Waals surface area contributed by atoms with Crippen LogP contribution >= 0.6 is 23.4 Å². The molecule has 0 saturated carbocycles. The van der Waals surface area contributed by atoms with E-state index in [0.29, 0.717) is 15.5 Å². The van der Waals surface area contributed by atoms with Gasteiger partial charge < -0.3 is 10.6 Å². The lowest BCUT2D eigenvalue weighted by atomic mass is 9.65. The van der Waals surface area contributed by atoms with Crippen LogP contribution in [0.4, 0.5) is 5.69 Å². The second-order valence-corrected chi connectivity index (χ2v) is 10.7. The number of hydrogen-bond acceptors (Lipinski definition) is 4. The van der Waals surface area contributed by atoms with Crippen LogP contribution in [-0.4, -0.2) is 22.5 Å². The molecular formula is C24H22ClN3O2S. The number of aryl methyl sites for hydroxylation is 1. The van der Waals surface area contributed by atoms with Crippen molar-refractivity contribution in [1.82, 2.24) is 0 Å². The van der Waals surface area contributed by atoms with Gasteiger partial charge in [0.1, 0.15) is 0 Å². The van der Waals surface area contributed by atoms with E-state index in [-0.39, 0.29) is 16.5 Å². The fourth-order valence-electron chi connectivity index (χ4n) is 5.35. The van der Waals surface area contributed by atoms with Crippen molar-refractivity contribution in [2.45, 2.75) is 45.1 Å². The van der Waals surface area contributed by atoms with Gasteiger partial charge in [-0.25, -0.2) is 0 Å². The van der Waals surface area contributed by atoms with Crippen LogP contribution in [0, 0.1) is 6.92 Å². The molecule has 0 saturated heterocycles. The lowest BCUT2D eigenvalue weighted by Gasteiger charge is -2.50. The maximum absolute atomic E-state index is 13.7. The zero-order valence-corrected chi connectivity index (χ0v) is 19.3. The van der Waals surface area contributed by atoms with Gasteiger partial charge in [-0.3, -0.25) is 9.59 Å². The third kappa shape index (κ3) is 2.81. The molecule has 0 spiro atoms. The standard InChI is InChI=1S/C24H22ClN3O2S/c1-12-9-15-17(19-20(29)27-22(26)31-19)21(30)28-18(15)16(10-12)24(4,11-23(28,2)3)13-5-7-14(25)8-6-13/h5-10H,11H2,1-4H3,(H2,26,27,29)/b19-17-. The van der Waals surface area contributed by atoms with E-state index in [4.69, 9.17) is 17.3 Å². The molecule has 1 unspecified atom stereocenters. The average molecular weight is 452 g/mol. The summed E-state index contributed by atoms with van der Waals surface area (Å²) in [6.07, 6.45) is 0.728. The van der Waals surface area contributed by atoms with Gasteiger partial charge in [-0.1, -0.05) is 42.3 Å². The normalized spacial score (nSPS) is 26.4. The van der Waals surface area contributed by atoms with Crippen LogP contribution in [0.5, 0.6) is 0 Å². The molecule has 1 atom stereocenters. The van der Waals surface area contributed by atoms with E-state index in [1.807, 2.05) is 30.0 Å². The molecule has 3 aliphatic rings. The maximum atomic E-state index is 13.7. The molecule has 158 valence electrons. The number of nitrogens with zero attached hydrogens (tertiary/aromatic N) is 2. The van der Waals surface area contributed by atoms with Gasteiger partial charge in [0.15, 0.2) is 5.17 Å². The van der Waals surface area contributed by atoms with E-state index < -0.39 is 11.4 Å². The Hall–Kier alpha value is -2.57. The van der Waals surface area contributed by atoms with Crippen LogP contribution in [-0.2, 0) is 15.0 Å². The second-order valence-electron chi connectivity index (χ2n) is 9.24. The Bertz CT molecular complexity index is 1250. The van der Waals surface area contributed by atoms with Crippen molar-refractivity contribution in [3.8, 4) is 0 Å². The molecule has 2 N–H and O–H groups in total. The number of carbonyl (C=O) groups excluding carboxylic acids is 2. The summed E-state index contributed by atoms with van der Waals surface area (Å²) in [5.74, 6) is -0.607. The molecular weight excluding hydrogens is 430 g/mol. The Morgan fingerprint density at radius 2 is 1.81 bits per heavy atom. The number of nitrogens with two attached hydrogens (primary N) is 1. The van der Waals surface area contributed by atoms with E-state index >= 15 is 0 Å². The fraction of sp³-hybridized carbons (Fsp3) is 0.292. The van der Waals surface area contributed by atoms with Crippen molar-refractivity contribution in [3.05, 3.63) is 68.6 Å². The van der Waals surface area contributed by atoms with Crippen LogP contribution in [0.2, 0.25) is 5.02 Å².